The molecule has 0 bridgehead atoms. The molecule has 2 aromatic rings. The lowest BCUT2D eigenvalue weighted by molar-refractivity contribution is 0.331. The highest BCUT2D eigenvalue weighted by Gasteiger charge is 1.96. The van der Waals surface area contributed by atoms with Crippen LogP contribution in [0.15, 0.2) is 36.8 Å². The molecule has 17 heavy (non-hydrogen) atoms. The van der Waals surface area contributed by atoms with Gasteiger partial charge in [0.1, 0.15) is 12.4 Å². The molecule has 0 saturated heterocycles. The fraction of sp³-hybridized carbons (Fsp3) is 0.250. The molecule has 0 spiro atoms. The fourth-order valence-corrected chi connectivity index (χ4v) is 1.30. The van der Waals surface area contributed by atoms with Crippen molar-refractivity contribution in [2.24, 2.45) is 0 Å². The van der Waals surface area contributed by atoms with Crippen molar-refractivity contribution in [3.05, 3.63) is 42.5 Å². The van der Waals surface area contributed by atoms with Crippen molar-refractivity contribution in [2.45, 2.75) is 6.92 Å². The van der Waals surface area contributed by atoms with Crippen LogP contribution in [0.5, 0.6) is 5.75 Å². The largest absolute Gasteiger partial charge is 0.490 e. The molecule has 2 rings (SSSR count). The Balaban J connectivity index is 1.73. The molecule has 0 fully saturated rings. The highest BCUT2D eigenvalue weighted by Crippen LogP contribution is 2.05. The topological polar surface area (TPSA) is 59.9 Å². The molecule has 5 heteroatoms. The molecule has 0 saturated carbocycles. The molecule has 0 atom stereocenters. The number of pyridine rings is 1. The molecule has 0 radical (unpaired) electrons. The van der Waals surface area contributed by atoms with Gasteiger partial charge in [0.25, 0.3) is 0 Å². The Labute approximate surface area is 99.9 Å². The Morgan fingerprint density at radius 3 is 3.00 bits per heavy atom. The molecule has 0 amide bonds. The second-order valence-corrected chi connectivity index (χ2v) is 3.49. The quantitative estimate of drug-likeness (QED) is 0.792. The monoisotopic (exact) mass is 230 g/mol. The number of aryl methyl sites for hydroxylation is 1. The first-order chi connectivity index (χ1) is 8.34. The first-order valence-electron chi connectivity index (χ1n) is 5.41. The maximum Gasteiger partial charge on any atom is 0.222 e. The number of aromatic nitrogens is 3. The molecule has 0 aromatic carbocycles. The zero-order valence-corrected chi connectivity index (χ0v) is 9.63. The SMILES string of the molecule is Cc1ccnc(NCCOc2cccnc2)n1. The summed E-state index contributed by atoms with van der Waals surface area (Å²) in [7, 11) is 0. The zero-order valence-electron chi connectivity index (χ0n) is 9.63. The number of nitrogens with one attached hydrogen (secondary N) is 1. The smallest absolute Gasteiger partial charge is 0.222 e. The maximum atomic E-state index is 5.48. The molecular formula is C12H14N4O. The Morgan fingerprint density at radius 2 is 2.24 bits per heavy atom. The number of rotatable bonds is 5. The molecule has 2 heterocycles. The lowest BCUT2D eigenvalue weighted by atomic mass is 10.4. The van der Waals surface area contributed by atoms with Crippen LogP contribution in [0.3, 0.4) is 0 Å². The standard InChI is InChI=1S/C12H14N4O/c1-10-4-6-14-12(16-10)15-7-8-17-11-3-2-5-13-9-11/h2-6,9H,7-8H2,1H3,(H,14,15,16). The van der Waals surface area contributed by atoms with Gasteiger partial charge in [0.05, 0.1) is 12.7 Å². The minimum atomic E-state index is 0.545. The summed E-state index contributed by atoms with van der Waals surface area (Å²) >= 11 is 0. The van der Waals surface area contributed by atoms with Gasteiger partial charge in [-0.15, -0.1) is 0 Å². The number of nitrogens with zero attached hydrogens (tertiary/aromatic N) is 3. The van der Waals surface area contributed by atoms with Crippen molar-refractivity contribution in [1.82, 2.24) is 15.0 Å². The zero-order chi connectivity index (χ0) is 11.9. The van der Waals surface area contributed by atoms with Gasteiger partial charge in [-0.25, -0.2) is 9.97 Å². The van der Waals surface area contributed by atoms with Crippen LogP contribution in [0.25, 0.3) is 0 Å². The predicted octanol–water partition coefficient (Wildman–Crippen LogP) is 1.67. The minimum absolute atomic E-state index is 0.545. The van der Waals surface area contributed by atoms with Crippen LogP contribution in [-0.4, -0.2) is 28.1 Å². The van der Waals surface area contributed by atoms with Gasteiger partial charge in [-0.1, -0.05) is 0 Å². The van der Waals surface area contributed by atoms with Crippen molar-refractivity contribution in [1.29, 1.82) is 0 Å². The summed E-state index contributed by atoms with van der Waals surface area (Å²) < 4.78 is 5.48. The van der Waals surface area contributed by atoms with E-state index in [2.05, 4.69) is 20.3 Å². The van der Waals surface area contributed by atoms with E-state index in [0.29, 0.717) is 19.1 Å². The number of hydrogen-bond donors (Lipinski definition) is 1. The summed E-state index contributed by atoms with van der Waals surface area (Å²) in [5, 5.41) is 3.09. The highest BCUT2D eigenvalue weighted by molar-refractivity contribution is 5.24. The third-order valence-corrected chi connectivity index (χ3v) is 2.08. The van der Waals surface area contributed by atoms with Crippen molar-refractivity contribution in [2.75, 3.05) is 18.5 Å². The van der Waals surface area contributed by atoms with Crippen LogP contribution in [0.1, 0.15) is 5.69 Å². The van der Waals surface area contributed by atoms with Crippen LogP contribution in [0.2, 0.25) is 0 Å². The summed E-state index contributed by atoms with van der Waals surface area (Å²) in [6, 6.07) is 5.57. The van der Waals surface area contributed by atoms with E-state index in [-0.39, 0.29) is 0 Å². The maximum absolute atomic E-state index is 5.48. The summed E-state index contributed by atoms with van der Waals surface area (Å²) in [6.07, 6.45) is 5.13. The summed E-state index contributed by atoms with van der Waals surface area (Å²) in [5.74, 6) is 1.39. The van der Waals surface area contributed by atoms with E-state index in [0.717, 1.165) is 11.4 Å². The van der Waals surface area contributed by atoms with E-state index < -0.39 is 0 Å². The average molecular weight is 230 g/mol. The van der Waals surface area contributed by atoms with Crippen molar-refractivity contribution in [3.63, 3.8) is 0 Å². The van der Waals surface area contributed by atoms with E-state index in [4.69, 9.17) is 4.74 Å². The van der Waals surface area contributed by atoms with Gasteiger partial charge in [-0.3, -0.25) is 4.98 Å². The first kappa shape index (κ1) is 11.3. The average Bonchev–Trinajstić information content (AvgIpc) is 2.36. The lowest BCUT2D eigenvalue weighted by Gasteiger charge is -2.07. The summed E-state index contributed by atoms with van der Waals surface area (Å²) in [4.78, 5) is 12.3. The van der Waals surface area contributed by atoms with E-state index in [1.54, 1.807) is 18.6 Å². The number of ether oxygens (including phenoxy) is 1. The minimum Gasteiger partial charge on any atom is -0.490 e. The van der Waals surface area contributed by atoms with Crippen molar-refractivity contribution in [3.8, 4) is 5.75 Å². The molecule has 1 N–H and O–H groups in total. The summed E-state index contributed by atoms with van der Waals surface area (Å²) in [5.41, 5.74) is 0.940. The highest BCUT2D eigenvalue weighted by atomic mass is 16.5. The molecular weight excluding hydrogens is 216 g/mol. The fourth-order valence-electron chi connectivity index (χ4n) is 1.30. The van der Waals surface area contributed by atoms with Gasteiger partial charge in [-0.2, -0.15) is 0 Å². The van der Waals surface area contributed by atoms with Gasteiger partial charge in [0.2, 0.25) is 5.95 Å². The molecule has 0 unspecified atom stereocenters. The Kier molecular flexibility index (Phi) is 3.85. The van der Waals surface area contributed by atoms with E-state index in [1.807, 2.05) is 25.1 Å². The van der Waals surface area contributed by atoms with E-state index in [9.17, 15) is 0 Å². The molecule has 2 aromatic heterocycles. The Bertz CT molecular complexity index is 461. The van der Waals surface area contributed by atoms with Crippen LogP contribution in [0.4, 0.5) is 5.95 Å². The van der Waals surface area contributed by atoms with Crippen LogP contribution >= 0.6 is 0 Å². The van der Waals surface area contributed by atoms with Gasteiger partial charge >= 0.3 is 0 Å². The van der Waals surface area contributed by atoms with Crippen LogP contribution < -0.4 is 10.1 Å². The normalized spacial score (nSPS) is 9.94. The number of hydrogen-bond acceptors (Lipinski definition) is 5. The molecule has 5 nitrogen and oxygen atoms in total. The van der Waals surface area contributed by atoms with Crippen LogP contribution in [0, 0.1) is 6.92 Å². The van der Waals surface area contributed by atoms with Gasteiger partial charge < -0.3 is 10.1 Å². The molecule has 88 valence electrons. The Morgan fingerprint density at radius 1 is 1.29 bits per heavy atom. The lowest BCUT2D eigenvalue weighted by Crippen LogP contribution is -2.13. The van der Waals surface area contributed by atoms with Crippen molar-refractivity contribution < 1.29 is 4.74 Å². The second kappa shape index (κ2) is 5.79. The Hall–Kier alpha value is -2.17. The van der Waals surface area contributed by atoms with E-state index >= 15 is 0 Å². The molecule has 0 aliphatic rings. The van der Waals surface area contributed by atoms with Gasteiger partial charge in [-0.05, 0) is 25.1 Å². The number of anilines is 1. The van der Waals surface area contributed by atoms with Gasteiger partial charge in [0.15, 0.2) is 0 Å². The molecule has 0 aliphatic heterocycles. The predicted molar refractivity (Wildman–Crippen MR) is 65.0 cm³/mol. The third-order valence-electron chi connectivity index (χ3n) is 2.08. The van der Waals surface area contributed by atoms with E-state index in [1.165, 1.54) is 0 Å². The molecule has 0 aliphatic carbocycles. The first-order valence-corrected chi connectivity index (χ1v) is 5.41. The third kappa shape index (κ3) is 3.71. The summed E-state index contributed by atoms with van der Waals surface area (Å²) in [6.45, 7) is 3.13. The van der Waals surface area contributed by atoms with Gasteiger partial charge in [0, 0.05) is 18.1 Å². The van der Waals surface area contributed by atoms with Crippen LogP contribution in [-0.2, 0) is 0 Å². The second-order valence-electron chi connectivity index (χ2n) is 3.49. The van der Waals surface area contributed by atoms with Crippen molar-refractivity contribution >= 4 is 5.95 Å².